The van der Waals surface area contributed by atoms with Crippen molar-refractivity contribution in [3.63, 3.8) is 0 Å². The molecule has 0 radical (unpaired) electrons. The standard InChI is InChI=1S/C20H30ClN3O2/c1-15(23-12-10-22(2)11-13-23)16-6-8-24(9-7-16)20(25)18-5-4-17(21)14-19(18)26-3/h4-5,14-16H,6-13H2,1-3H3/t15-/m0/s1. The molecule has 1 aromatic carbocycles. The van der Waals surface area contributed by atoms with Crippen LogP contribution in [-0.4, -0.2) is 80.1 Å². The molecular weight excluding hydrogens is 350 g/mol. The number of rotatable bonds is 4. The van der Waals surface area contributed by atoms with Gasteiger partial charge in [0.2, 0.25) is 0 Å². The second-order valence-electron chi connectivity index (χ2n) is 7.55. The third kappa shape index (κ3) is 4.33. The summed E-state index contributed by atoms with van der Waals surface area (Å²) in [5.74, 6) is 1.26. The molecule has 144 valence electrons. The topological polar surface area (TPSA) is 36.0 Å². The lowest BCUT2D eigenvalue weighted by Crippen LogP contribution is -2.52. The van der Waals surface area contributed by atoms with E-state index < -0.39 is 0 Å². The van der Waals surface area contributed by atoms with Gasteiger partial charge in [-0.25, -0.2) is 0 Å². The van der Waals surface area contributed by atoms with Crippen molar-refractivity contribution >= 4 is 17.5 Å². The van der Waals surface area contributed by atoms with Crippen LogP contribution >= 0.6 is 11.6 Å². The summed E-state index contributed by atoms with van der Waals surface area (Å²) in [6.07, 6.45) is 2.13. The molecular formula is C20H30ClN3O2. The minimum atomic E-state index is 0.0456. The summed E-state index contributed by atoms with van der Waals surface area (Å²) < 4.78 is 5.34. The van der Waals surface area contributed by atoms with Crippen LogP contribution in [0.25, 0.3) is 0 Å². The Morgan fingerprint density at radius 3 is 2.42 bits per heavy atom. The van der Waals surface area contributed by atoms with Gasteiger partial charge >= 0.3 is 0 Å². The molecule has 0 aromatic heterocycles. The number of hydrogen-bond acceptors (Lipinski definition) is 4. The first kappa shape index (κ1) is 19.5. The molecule has 0 spiro atoms. The molecule has 2 aliphatic rings. The van der Waals surface area contributed by atoms with Crippen LogP contribution in [0.5, 0.6) is 5.75 Å². The summed E-state index contributed by atoms with van der Waals surface area (Å²) in [5, 5.41) is 0.582. The molecule has 0 aliphatic carbocycles. The first-order chi connectivity index (χ1) is 12.5. The molecule has 0 N–H and O–H groups in total. The van der Waals surface area contributed by atoms with Crippen LogP contribution in [0.1, 0.15) is 30.1 Å². The Bertz CT molecular complexity index is 623. The summed E-state index contributed by atoms with van der Waals surface area (Å²) >= 11 is 6.01. The Morgan fingerprint density at radius 2 is 1.81 bits per heavy atom. The molecule has 1 aromatic rings. The van der Waals surface area contributed by atoms with Crippen molar-refractivity contribution in [1.82, 2.24) is 14.7 Å². The lowest BCUT2D eigenvalue weighted by molar-refractivity contribution is 0.0498. The number of methoxy groups -OCH3 is 1. The van der Waals surface area contributed by atoms with Crippen LogP contribution in [-0.2, 0) is 0 Å². The number of carbonyl (C=O) groups is 1. The van der Waals surface area contributed by atoms with E-state index in [2.05, 4.69) is 23.8 Å². The molecule has 0 unspecified atom stereocenters. The third-order valence-electron chi connectivity index (χ3n) is 6.02. The maximum Gasteiger partial charge on any atom is 0.257 e. The molecule has 6 heteroatoms. The monoisotopic (exact) mass is 379 g/mol. The van der Waals surface area contributed by atoms with Crippen LogP contribution in [0.4, 0.5) is 0 Å². The van der Waals surface area contributed by atoms with E-state index in [-0.39, 0.29) is 5.91 Å². The highest BCUT2D eigenvalue weighted by Crippen LogP contribution is 2.28. The Labute approximate surface area is 161 Å². The molecule has 3 rings (SSSR count). The molecule has 2 aliphatic heterocycles. The number of benzene rings is 1. The number of hydrogen-bond donors (Lipinski definition) is 0. The highest BCUT2D eigenvalue weighted by Gasteiger charge is 2.31. The lowest BCUT2D eigenvalue weighted by Gasteiger charge is -2.42. The Morgan fingerprint density at radius 1 is 1.15 bits per heavy atom. The zero-order chi connectivity index (χ0) is 18.7. The van der Waals surface area contributed by atoms with Gasteiger partial charge in [-0.1, -0.05) is 11.6 Å². The van der Waals surface area contributed by atoms with Crippen LogP contribution in [0.3, 0.4) is 0 Å². The van der Waals surface area contributed by atoms with Gasteiger partial charge in [-0.05, 0) is 50.9 Å². The summed E-state index contributed by atoms with van der Waals surface area (Å²) in [6.45, 7) is 8.59. The van der Waals surface area contributed by atoms with E-state index >= 15 is 0 Å². The number of likely N-dealkylation sites (tertiary alicyclic amines) is 1. The van der Waals surface area contributed by atoms with Gasteiger partial charge in [0.1, 0.15) is 5.75 Å². The number of piperazine rings is 1. The van der Waals surface area contributed by atoms with Gasteiger partial charge in [-0.2, -0.15) is 0 Å². The first-order valence-electron chi connectivity index (χ1n) is 9.55. The van der Waals surface area contributed by atoms with Crippen molar-refractivity contribution in [2.75, 3.05) is 53.4 Å². The number of amides is 1. The Hall–Kier alpha value is -1.30. The van der Waals surface area contributed by atoms with Gasteiger partial charge in [0.15, 0.2) is 0 Å². The quantitative estimate of drug-likeness (QED) is 0.806. The minimum Gasteiger partial charge on any atom is -0.496 e. The average molecular weight is 380 g/mol. The van der Waals surface area contributed by atoms with Gasteiger partial charge in [0, 0.05) is 50.3 Å². The summed E-state index contributed by atoms with van der Waals surface area (Å²) in [7, 11) is 3.77. The number of ether oxygens (including phenoxy) is 1. The van der Waals surface area contributed by atoms with E-state index in [9.17, 15) is 4.79 Å². The van der Waals surface area contributed by atoms with Crippen LogP contribution in [0.2, 0.25) is 5.02 Å². The van der Waals surface area contributed by atoms with E-state index in [0.717, 1.165) is 52.1 Å². The molecule has 1 atom stereocenters. The van der Waals surface area contributed by atoms with Crippen LogP contribution in [0, 0.1) is 5.92 Å². The number of carbonyl (C=O) groups excluding carboxylic acids is 1. The van der Waals surface area contributed by atoms with Gasteiger partial charge in [-0.3, -0.25) is 9.69 Å². The summed E-state index contributed by atoms with van der Waals surface area (Å²) in [5.41, 5.74) is 0.600. The minimum absolute atomic E-state index is 0.0456. The normalized spacial score (nSPS) is 21.6. The maximum absolute atomic E-state index is 12.9. The highest BCUT2D eigenvalue weighted by atomic mass is 35.5. The number of nitrogens with zero attached hydrogens (tertiary/aromatic N) is 3. The predicted octanol–water partition coefficient (Wildman–Crippen LogP) is 2.84. The average Bonchev–Trinajstić information content (AvgIpc) is 2.67. The second-order valence-corrected chi connectivity index (χ2v) is 7.99. The van der Waals surface area contributed by atoms with Gasteiger partial charge in [-0.15, -0.1) is 0 Å². The van der Waals surface area contributed by atoms with Crippen molar-refractivity contribution in [3.8, 4) is 5.75 Å². The van der Waals surface area contributed by atoms with E-state index in [1.807, 2.05) is 4.90 Å². The molecule has 5 nitrogen and oxygen atoms in total. The Kier molecular flexibility index (Phi) is 6.43. The molecule has 1 amide bonds. The molecule has 0 bridgehead atoms. The SMILES string of the molecule is COc1cc(Cl)ccc1C(=O)N1CCC([C@H](C)N2CCN(C)CC2)CC1. The fraction of sp³-hybridized carbons (Fsp3) is 0.650. The summed E-state index contributed by atoms with van der Waals surface area (Å²) in [6, 6.07) is 5.81. The van der Waals surface area contributed by atoms with E-state index in [4.69, 9.17) is 16.3 Å². The predicted molar refractivity (Wildman–Crippen MR) is 105 cm³/mol. The molecule has 0 saturated carbocycles. The van der Waals surface area contributed by atoms with Gasteiger partial charge < -0.3 is 14.5 Å². The van der Waals surface area contributed by atoms with Crippen molar-refractivity contribution in [2.45, 2.75) is 25.8 Å². The number of halogens is 1. The fourth-order valence-corrected chi connectivity index (χ4v) is 4.29. The lowest BCUT2D eigenvalue weighted by atomic mass is 9.88. The van der Waals surface area contributed by atoms with Crippen molar-refractivity contribution in [3.05, 3.63) is 28.8 Å². The molecule has 2 saturated heterocycles. The third-order valence-corrected chi connectivity index (χ3v) is 6.25. The largest absolute Gasteiger partial charge is 0.496 e. The fourth-order valence-electron chi connectivity index (χ4n) is 4.12. The van der Waals surface area contributed by atoms with E-state index in [1.54, 1.807) is 25.3 Å². The molecule has 2 heterocycles. The zero-order valence-corrected chi connectivity index (χ0v) is 16.8. The summed E-state index contributed by atoms with van der Waals surface area (Å²) in [4.78, 5) is 19.9. The molecule has 2 fully saturated rings. The molecule has 26 heavy (non-hydrogen) atoms. The second kappa shape index (κ2) is 8.59. The van der Waals surface area contributed by atoms with Crippen LogP contribution < -0.4 is 4.74 Å². The number of likely N-dealkylation sites (N-methyl/N-ethyl adjacent to an activating group) is 1. The maximum atomic E-state index is 12.9. The van der Waals surface area contributed by atoms with E-state index in [0.29, 0.717) is 28.3 Å². The Balaban J connectivity index is 1.57. The van der Waals surface area contributed by atoms with Crippen molar-refractivity contribution in [1.29, 1.82) is 0 Å². The highest BCUT2D eigenvalue weighted by molar-refractivity contribution is 6.30. The number of piperidine rings is 1. The zero-order valence-electron chi connectivity index (χ0n) is 16.1. The smallest absolute Gasteiger partial charge is 0.257 e. The van der Waals surface area contributed by atoms with Crippen molar-refractivity contribution in [2.24, 2.45) is 5.92 Å². The first-order valence-corrected chi connectivity index (χ1v) is 9.93. The van der Waals surface area contributed by atoms with Crippen molar-refractivity contribution < 1.29 is 9.53 Å². The van der Waals surface area contributed by atoms with Crippen LogP contribution in [0.15, 0.2) is 18.2 Å². The van der Waals surface area contributed by atoms with Gasteiger partial charge in [0.25, 0.3) is 5.91 Å². The van der Waals surface area contributed by atoms with Gasteiger partial charge in [0.05, 0.1) is 12.7 Å². The van der Waals surface area contributed by atoms with E-state index in [1.165, 1.54) is 0 Å².